The average Bonchev–Trinajstić information content (AvgIpc) is 4.28. The van der Waals surface area contributed by atoms with E-state index in [0.717, 1.165) is 111 Å². The van der Waals surface area contributed by atoms with Crippen LogP contribution in [0, 0.1) is 13.8 Å². The molecule has 74 heavy (non-hydrogen) atoms. The summed E-state index contributed by atoms with van der Waals surface area (Å²) in [6.07, 6.45) is 10.9. The number of piperidine rings is 2. The molecule has 12 rings (SSSR count). The maximum Gasteiger partial charge on any atom is 0.320 e. The van der Waals surface area contributed by atoms with Gasteiger partial charge in [-0.15, -0.1) is 0 Å². The van der Waals surface area contributed by atoms with Gasteiger partial charge in [0.25, 0.3) is 0 Å². The van der Waals surface area contributed by atoms with Gasteiger partial charge >= 0.3 is 12.0 Å². The summed E-state index contributed by atoms with van der Waals surface area (Å²) >= 11 is 0. The van der Waals surface area contributed by atoms with E-state index in [4.69, 9.17) is 38.6 Å². The van der Waals surface area contributed by atoms with Crippen LogP contribution in [0.1, 0.15) is 86.5 Å². The Bertz CT molecular complexity index is 2630. The lowest BCUT2D eigenvalue weighted by molar-refractivity contribution is 0.0984. The van der Waals surface area contributed by atoms with Crippen molar-refractivity contribution in [2.75, 3.05) is 116 Å². The summed E-state index contributed by atoms with van der Waals surface area (Å²) in [5.41, 5.74) is 7.68. The van der Waals surface area contributed by atoms with Crippen molar-refractivity contribution in [2.45, 2.75) is 102 Å². The molecule has 6 aliphatic rings. The first-order chi connectivity index (χ1) is 35.2. The van der Waals surface area contributed by atoms with Crippen LogP contribution in [0.3, 0.4) is 0 Å². The third-order valence-corrected chi connectivity index (χ3v) is 16.2. The molecular formula is C54H76N12O6S2. The number of nitrogens with zero attached hydrogens (tertiary/aromatic N) is 12. The molecule has 10 heterocycles. The molecule has 400 valence electrons. The van der Waals surface area contributed by atoms with Crippen molar-refractivity contribution in [1.82, 2.24) is 49.3 Å². The Morgan fingerprint density at radius 1 is 0.473 bits per heavy atom. The van der Waals surface area contributed by atoms with Gasteiger partial charge in [-0.05, 0) is 151 Å². The number of likely N-dealkylation sites (tertiary alicyclic amines) is 2. The Kier molecular flexibility index (Phi) is 17.5. The fraction of sp³-hybridized carbons (Fsp3) is 0.593. The van der Waals surface area contributed by atoms with Crippen molar-refractivity contribution in [3.63, 3.8) is 0 Å². The van der Waals surface area contributed by atoms with Gasteiger partial charge in [-0.25, -0.2) is 9.36 Å². The molecular weight excluding hydrogens is 977 g/mol. The average molecular weight is 1050 g/mol. The molecule has 0 bridgehead atoms. The molecule has 2 aromatic carbocycles. The second-order valence-electron chi connectivity index (χ2n) is 20.7. The molecule has 0 N–H and O–H groups in total. The van der Waals surface area contributed by atoms with Gasteiger partial charge in [-0.3, -0.25) is 9.80 Å². The number of ether oxygens (including phenoxy) is 6. The minimum Gasteiger partial charge on any atom is -0.467 e. The fourth-order valence-corrected chi connectivity index (χ4v) is 12.1. The lowest BCUT2D eigenvalue weighted by Crippen LogP contribution is -2.44. The summed E-state index contributed by atoms with van der Waals surface area (Å²) < 4.78 is 37.3. The topological polar surface area (TPSA) is 156 Å². The Labute approximate surface area is 449 Å². The number of rotatable bonds is 10. The van der Waals surface area contributed by atoms with Crippen LogP contribution in [-0.2, 0) is 18.9 Å². The third kappa shape index (κ3) is 11.3. The summed E-state index contributed by atoms with van der Waals surface area (Å²) in [5, 5.41) is 11.7. The first-order valence-electron chi connectivity index (χ1n) is 26.4. The van der Waals surface area contributed by atoms with E-state index >= 15 is 0 Å². The zero-order valence-electron chi connectivity index (χ0n) is 44.0. The predicted molar refractivity (Wildman–Crippen MR) is 297 cm³/mol. The standard InChI is InChI=1S/2C27H36N6O3.2H2S/c2*1-18-12-21-15-28-33(26-14-25(29-27(30-26)34-3)32-9-11-36-16-19(32)2)24(21)13-23(18)20-4-7-31(8-5-20)22-6-10-35-17-22;;/h2*12-15,19-20,22H,4-11,16-17H2,1-3H3;2*1H2/t2*19-,22?;;/m00../s1. The van der Waals surface area contributed by atoms with Crippen LogP contribution in [-0.4, -0.2) is 180 Å². The van der Waals surface area contributed by atoms with Crippen LogP contribution >= 0.6 is 27.0 Å². The molecule has 20 heteroatoms. The Hall–Kier alpha value is -4.80. The molecule has 18 nitrogen and oxygen atoms in total. The van der Waals surface area contributed by atoms with Crippen molar-refractivity contribution < 1.29 is 28.4 Å². The van der Waals surface area contributed by atoms with E-state index in [-0.39, 0.29) is 39.1 Å². The normalized spacial score (nSPS) is 23.4. The highest BCUT2D eigenvalue weighted by Crippen LogP contribution is 2.37. The van der Waals surface area contributed by atoms with Crippen molar-refractivity contribution in [3.05, 3.63) is 71.0 Å². The second-order valence-corrected chi connectivity index (χ2v) is 20.7. The van der Waals surface area contributed by atoms with Gasteiger partial charge < -0.3 is 38.2 Å². The number of methoxy groups -OCH3 is 2. The molecule has 0 radical (unpaired) electrons. The summed E-state index contributed by atoms with van der Waals surface area (Å²) in [6.45, 7) is 21.2. The predicted octanol–water partition coefficient (Wildman–Crippen LogP) is 6.88. The molecule has 6 aromatic rings. The maximum absolute atomic E-state index is 5.62. The maximum atomic E-state index is 5.62. The van der Waals surface area contributed by atoms with Gasteiger partial charge in [-0.1, -0.05) is 0 Å². The molecule has 4 aromatic heterocycles. The van der Waals surface area contributed by atoms with Crippen molar-refractivity contribution in [1.29, 1.82) is 0 Å². The van der Waals surface area contributed by atoms with Crippen LogP contribution < -0.4 is 19.3 Å². The molecule has 6 aliphatic heterocycles. The summed E-state index contributed by atoms with van der Waals surface area (Å²) in [4.78, 5) is 28.4. The van der Waals surface area contributed by atoms with Crippen LogP contribution in [0.25, 0.3) is 33.4 Å². The van der Waals surface area contributed by atoms with Gasteiger partial charge in [0.2, 0.25) is 0 Å². The molecule has 0 saturated carbocycles. The third-order valence-electron chi connectivity index (χ3n) is 16.2. The molecule has 0 aliphatic carbocycles. The zero-order chi connectivity index (χ0) is 49.3. The number of benzene rings is 2. The minimum absolute atomic E-state index is 0. The van der Waals surface area contributed by atoms with Crippen LogP contribution in [0.15, 0.2) is 48.8 Å². The van der Waals surface area contributed by atoms with E-state index in [1.165, 1.54) is 60.8 Å². The van der Waals surface area contributed by atoms with Crippen LogP contribution in [0.2, 0.25) is 0 Å². The van der Waals surface area contributed by atoms with E-state index in [0.29, 0.717) is 62.4 Å². The Balaban J connectivity index is 0.000000177. The number of aryl methyl sites for hydroxylation is 2. The summed E-state index contributed by atoms with van der Waals surface area (Å²) in [6, 6.07) is 15.6. The van der Waals surface area contributed by atoms with Crippen LogP contribution in [0.4, 0.5) is 11.6 Å². The highest BCUT2D eigenvalue weighted by atomic mass is 32.1. The molecule has 6 saturated heterocycles. The highest BCUT2D eigenvalue weighted by Gasteiger charge is 2.32. The fourth-order valence-electron chi connectivity index (χ4n) is 12.1. The zero-order valence-corrected chi connectivity index (χ0v) is 46.0. The van der Waals surface area contributed by atoms with Crippen molar-refractivity contribution in [2.24, 2.45) is 0 Å². The van der Waals surface area contributed by atoms with Crippen LogP contribution in [0.5, 0.6) is 12.0 Å². The smallest absolute Gasteiger partial charge is 0.320 e. The van der Waals surface area contributed by atoms with Gasteiger partial charge in [0.15, 0.2) is 11.6 Å². The lowest BCUT2D eigenvalue weighted by Gasteiger charge is -2.36. The first-order valence-corrected chi connectivity index (χ1v) is 26.4. The largest absolute Gasteiger partial charge is 0.467 e. The monoisotopic (exact) mass is 1050 g/mol. The number of fused-ring (bicyclic) bond motifs is 2. The molecule has 4 atom stereocenters. The SMILES string of the molecule is COc1nc(N2CCOC[C@@H]2C)cc(-n2ncc3cc(C)c(C4CCN(C5CCOC5)CC4)cc32)n1.COc1nc(N2CCOC[C@@H]2C)cc(-n2ncc3cc(C)c(C4CCN(C5CCOC5)CC4)cc32)n1.S.S. The van der Waals surface area contributed by atoms with E-state index < -0.39 is 0 Å². The van der Waals surface area contributed by atoms with E-state index in [1.54, 1.807) is 14.2 Å². The first kappa shape index (κ1) is 54.0. The summed E-state index contributed by atoms with van der Waals surface area (Å²) in [7, 11) is 3.22. The van der Waals surface area contributed by atoms with E-state index in [2.05, 4.69) is 91.5 Å². The van der Waals surface area contributed by atoms with Gasteiger partial charge in [0.05, 0.1) is 89.4 Å². The minimum atomic E-state index is 0. The van der Waals surface area contributed by atoms with E-state index in [9.17, 15) is 0 Å². The molecule has 2 unspecified atom stereocenters. The number of hydrogen-bond acceptors (Lipinski definition) is 16. The van der Waals surface area contributed by atoms with Gasteiger partial charge in [0, 0.05) is 61.3 Å². The van der Waals surface area contributed by atoms with Gasteiger partial charge in [-0.2, -0.15) is 57.1 Å². The van der Waals surface area contributed by atoms with Crippen molar-refractivity contribution in [3.8, 4) is 23.7 Å². The Morgan fingerprint density at radius 2 is 0.865 bits per heavy atom. The molecule has 0 amide bonds. The number of aromatic nitrogens is 8. The summed E-state index contributed by atoms with van der Waals surface area (Å²) in [5.74, 6) is 4.23. The Morgan fingerprint density at radius 3 is 1.23 bits per heavy atom. The molecule has 6 fully saturated rings. The number of morpholine rings is 2. The second kappa shape index (κ2) is 24.0. The van der Waals surface area contributed by atoms with Crippen molar-refractivity contribution >= 4 is 60.4 Å². The molecule has 0 spiro atoms. The lowest BCUT2D eigenvalue weighted by atomic mass is 9.86. The number of anilines is 2. The highest BCUT2D eigenvalue weighted by molar-refractivity contribution is 7.59. The van der Waals surface area contributed by atoms with Gasteiger partial charge in [0.1, 0.15) is 11.6 Å². The van der Waals surface area contributed by atoms with E-state index in [1.807, 2.05) is 33.9 Å². The number of hydrogen-bond donors (Lipinski definition) is 0. The quantitative estimate of drug-likeness (QED) is 0.140.